The van der Waals surface area contributed by atoms with Gasteiger partial charge in [-0.15, -0.1) is 0 Å². The van der Waals surface area contributed by atoms with Gasteiger partial charge in [-0.2, -0.15) is 5.26 Å². The molecule has 0 spiro atoms. The normalized spacial score (nSPS) is 18.5. The Balaban J connectivity index is 2.16. The Labute approximate surface area is 128 Å². The van der Waals surface area contributed by atoms with Crippen molar-refractivity contribution in [3.63, 3.8) is 0 Å². The van der Waals surface area contributed by atoms with Gasteiger partial charge in [0, 0.05) is 12.7 Å². The summed E-state index contributed by atoms with van der Waals surface area (Å²) < 4.78 is 50.6. The summed E-state index contributed by atoms with van der Waals surface area (Å²) in [6, 6.07) is 3.88. The zero-order chi connectivity index (χ0) is 16.2. The van der Waals surface area contributed by atoms with Crippen molar-refractivity contribution in [3.05, 3.63) is 23.5 Å². The van der Waals surface area contributed by atoms with Crippen LogP contribution < -0.4 is 9.46 Å². The molecule has 0 radical (unpaired) electrons. The van der Waals surface area contributed by atoms with Gasteiger partial charge in [-0.1, -0.05) is 0 Å². The van der Waals surface area contributed by atoms with Gasteiger partial charge in [-0.3, -0.25) is 4.72 Å². The molecule has 0 unspecified atom stereocenters. The van der Waals surface area contributed by atoms with Crippen LogP contribution in [0.1, 0.15) is 24.8 Å². The fourth-order valence-electron chi connectivity index (χ4n) is 2.28. The maximum atomic E-state index is 13.9. The van der Waals surface area contributed by atoms with Crippen LogP contribution in [0.25, 0.3) is 0 Å². The van der Waals surface area contributed by atoms with Gasteiger partial charge >= 0.3 is 0 Å². The summed E-state index contributed by atoms with van der Waals surface area (Å²) in [4.78, 5) is 0. The van der Waals surface area contributed by atoms with E-state index in [-0.39, 0.29) is 28.9 Å². The third-order valence-corrected chi connectivity index (χ3v) is 4.70. The number of methoxy groups -OCH3 is 1. The maximum absolute atomic E-state index is 13.9. The summed E-state index contributed by atoms with van der Waals surface area (Å²) in [5.74, 6) is -0.949. The Hall–Kier alpha value is -1.85. The van der Waals surface area contributed by atoms with Gasteiger partial charge in [0.05, 0.1) is 30.2 Å². The first-order valence-corrected chi connectivity index (χ1v) is 8.50. The number of sulfonamides is 1. The van der Waals surface area contributed by atoms with Crippen LogP contribution in [0.4, 0.5) is 10.1 Å². The fourth-order valence-corrected chi connectivity index (χ4v) is 3.61. The molecule has 1 heterocycles. The first-order valence-electron chi connectivity index (χ1n) is 6.85. The third kappa shape index (κ3) is 4.08. The van der Waals surface area contributed by atoms with E-state index in [4.69, 9.17) is 14.7 Å². The highest BCUT2D eigenvalue weighted by atomic mass is 32.2. The maximum Gasteiger partial charge on any atom is 0.235 e. The minimum absolute atomic E-state index is 0.00133. The lowest BCUT2D eigenvalue weighted by molar-refractivity contribution is 0.0306. The Morgan fingerprint density at radius 2 is 2.27 bits per heavy atom. The van der Waals surface area contributed by atoms with E-state index < -0.39 is 15.8 Å². The lowest BCUT2D eigenvalue weighted by Gasteiger charge is -2.22. The van der Waals surface area contributed by atoms with Gasteiger partial charge < -0.3 is 9.47 Å². The van der Waals surface area contributed by atoms with Gasteiger partial charge in [0.15, 0.2) is 0 Å². The Morgan fingerprint density at radius 3 is 2.86 bits per heavy atom. The molecule has 6 nitrogen and oxygen atoms in total. The Bertz CT molecular complexity index is 679. The molecule has 0 bridgehead atoms. The van der Waals surface area contributed by atoms with Crippen molar-refractivity contribution >= 4 is 15.7 Å². The lowest BCUT2D eigenvalue weighted by atomic mass is 10.1. The summed E-state index contributed by atoms with van der Waals surface area (Å²) in [7, 11) is -2.43. The lowest BCUT2D eigenvalue weighted by Crippen LogP contribution is -2.31. The molecule has 1 atom stereocenters. The molecule has 2 rings (SSSR count). The summed E-state index contributed by atoms with van der Waals surface area (Å²) in [5, 5.41) is 8.86. The predicted molar refractivity (Wildman–Crippen MR) is 78.7 cm³/mol. The number of halogens is 1. The Morgan fingerprint density at radius 1 is 1.50 bits per heavy atom. The van der Waals surface area contributed by atoms with E-state index in [0.29, 0.717) is 13.0 Å². The summed E-state index contributed by atoms with van der Waals surface area (Å²) in [6.07, 6.45) is 2.12. The van der Waals surface area contributed by atoms with Crippen molar-refractivity contribution in [3.8, 4) is 11.8 Å². The molecule has 1 fully saturated rings. The molecular formula is C14H17FN2O4S. The monoisotopic (exact) mass is 328 g/mol. The van der Waals surface area contributed by atoms with E-state index in [1.807, 2.05) is 0 Å². The van der Waals surface area contributed by atoms with E-state index in [1.54, 1.807) is 6.07 Å². The van der Waals surface area contributed by atoms with Crippen molar-refractivity contribution in [1.29, 1.82) is 5.26 Å². The molecule has 1 N–H and O–H groups in total. The average Bonchev–Trinajstić information content (AvgIpc) is 2.49. The van der Waals surface area contributed by atoms with E-state index in [0.717, 1.165) is 25.0 Å². The number of nitrogens with one attached hydrogen (secondary N) is 1. The largest absolute Gasteiger partial charge is 0.495 e. The van der Waals surface area contributed by atoms with Crippen LogP contribution in [-0.4, -0.2) is 34.0 Å². The van der Waals surface area contributed by atoms with E-state index in [1.165, 1.54) is 7.11 Å². The highest BCUT2D eigenvalue weighted by Gasteiger charge is 2.23. The topological polar surface area (TPSA) is 88.4 Å². The van der Waals surface area contributed by atoms with Gasteiger partial charge in [-0.05, 0) is 25.3 Å². The number of hydrogen-bond donors (Lipinski definition) is 1. The van der Waals surface area contributed by atoms with Crippen LogP contribution in [-0.2, 0) is 14.8 Å². The van der Waals surface area contributed by atoms with Gasteiger partial charge in [0.25, 0.3) is 0 Å². The van der Waals surface area contributed by atoms with E-state index in [2.05, 4.69) is 4.72 Å². The Kier molecular flexibility index (Phi) is 5.21. The second kappa shape index (κ2) is 6.94. The van der Waals surface area contributed by atoms with Crippen molar-refractivity contribution in [2.45, 2.75) is 25.4 Å². The standard InChI is InChI=1S/C14H17FN2O4S/c1-20-14-7-13(12(15)6-10(14)8-16)17-22(18,19)9-11-4-2-3-5-21-11/h6-7,11,17H,2-5,9H2,1H3/t11-/m0/s1. The first kappa shape index (κ1) is 16.5. The van der Waals surface area contributed by atoms with Crippen molar-refractivity contribution in [2.75, 3.05) is 24.2 Å². The number of nitrogens with zero attached hydrogens (tertiary/aromatic N) is 1. The molecule has 120 valence electrons. The predicted octanol–water partition coefficient (Wildman–Crippen LogP) is 2.02. The van der Waals surface area contributed by atoms with Crippen molar-refractivity contribution in [1.82, 2.24) is 0 Å². The number of hydrogen-bond acceptors (Lipinski definition) is 5. The van der Waals surface area contributed by atoms with Crippen LogP contribution in [0.15, 0.2) is 12.1 Å². The van der Waals surface area contributed by atoms with Gasteiger partial charge in [-0.25, -0.2) is 12.8 Å². The summed E-state index contributed by atoms with van der Waals surface area (Å²) in [6.45, 7) is 0.541. The molecule has 1 aliphatic heterocycles. The zero-order valence-corrected chi connectivity index (χ0v) is 13.0. The summed E-state index contributed by atoms with van der Waals surface area (Å²) in [5.41, 5.74) is -0.245. The van der Waals surface area contributed by atoms with E-state index in [9.17, 15) is 12.8 Å². The zero-order valence-electron chi connectivity index (χ0n) is 12.1. The third-order valence-electron chi connectivity index (χ3n) is 3.35. The molecule has 1 aromatic rings. The molecule has 0 saturated carbocycles. The first-order chi connectivity index (χ1) is 10.4. The van der Waals surface area contributed by atoms with Crippen molar-refractivity contribution < 1.29 is 22.3 Å². The van der Waals surface area contributed by atoms with Crippen molar-refractivity contribution in [2.24, 2.45) is 0 Å². The number of rotatable bonds is 5. The minimum Gasteiger partial charge on any atom is -0.495 e. The van der Waals surface area contributed by atoms with E-state index >= 15 is 0 Å². The number of anilines is 1. The quantitative estimate of drug-likeness (QED) is 0.893. The van der Waals surface area contributed by atoms with Gasteiger partial charge in [0.2, 0.25) is 10.0 Å². The second-order valence-corrected chi connectivity index (χ2v) is 6.78. The molecule has 0 amide bonds. The molecular weight excluding hydrogens is 311 g/mol. The molecule has 1 saturated heterocycles. The molecule has 22 heavy (non-hydrogen) atoms. The van der Waals surface area contributed by atoms with Crippen LogP contribution in [0.2, 0.25) is 0 Å². The molecule has 0 aliphatic carbocycles. The SMILES string of the molecule is COc1cc(NS(=O)(=O)C[C@@H]2CCCCO2)c(F)cc1C#N. The smallest absolute Gasteiger partial charge is 0.235 e. The molecule has 0 aromatic heterocycles. The molecule has 1 aromatic carbocycles. The van der Waals surface area contributed by atoms with Crippen LogP contribution in [0.3, 0.4) is 0 Å². The highest BCUT2D eigenvalue weighted by Crippen LogP contribution is 2.27. The van der Waals surface area contributed by atoms with Crippen LogP contribution in [0.5, 0.6) is 5.75 Å². The summed E-state index contributed by atoms with van der Waals surface area (Å²) >= 11 is 0. The number of nitriles is 1. The van der Waals surface area contributed by atoms with Crippen LogP contribution in [0, 0.1) is 17.1 Å². The van der Waals surface area contributed by atoms with Gasteiger partial charge in [0.1, 0.15) is 17.6 Å². The van der Waals surface area contributed by atoms with Crippen LogP contribution >= 0.6 is 0 Å². The second-order valence-electron chi connectivity index (χ2n) is 5.02. The molecule has 1 aliphatic rings. The fraction of sp³-hybridized carbons (Fsp3) is 0.500. The number of ether oxygens (including phenoxy) is 2. The number of benzene rings is 1. The highest BCUT2D eigenvalue weighted by molar-refractivity contribution is 7.92. The minimum atomic E-state index is -3.75. The molecule has 8 heteroatoms. The average molecular weight is 328 g/mol.